The van der Waals surface area contributed by atoms with E-state index in [0.717, 1.165) is 47.8 Å². The van der Waals surface area contributed by atoms with Crippen LogP contribution < -0.4 is 10.4 Å². The van der Waals surface area contributed by atoms with Gasteiger partial charge in [-0.1, -0.05) is 6.07 Å². The largest absolute Gasteiger partial charge is 0.489 e. The van der Waals surface area contributed by atoms with Crippen molar-refractivity contribution in [2.75, 3.05) is 14.2 Å². The number of hydrogen-bond donors (Lipinski definition) is 0. The van der Waals surface area contributed by atoms with Crippen molar-refractivity contribution in [2.45, 2.75) is 44.0 Å². The summed E-state index contributed by atoms with van der Waals surface area (Å²) in [5.41, 5.74) is 2.79. The first-order chi connectivity index (χ1) is 14.9. The van der Waals surface area contributed by atoms with Gasteiger partial charge >= 0.3 is 5.69 Å². The first kappa shape index (κ1) is 21.6. The van der Waals surface area contributed by atoms with Crippen molar-refractivity contribution in [2.24, 2.45) is 14.1 Å². The van der Waals surface area contributed by atoms with E-state index in [1.54, 1.807) is 37.4 Å². The van der Waals surface area contributed by atoms with Gasteiger partial charge in [-0.3, -0.25) is 9.13 Å². The normalized spacial score (nSPS) is 21.5. The van der Waals surface area contributed by atoms with E-state index in [1.165, 1.54) is 12.1 Å². The molecule has 1 aliphatic carbocycles. The molecule has 1 aliphatic rings. The Balaban J connectivity index is 1.56. The number of aryl methyl sites for hydroxylation is 2. The zero-order chi connectivity index (χ0) is 22.2. The summed E-state index contributed by atoms with van der Waals surface area (Å²) in [5, 5.41) is 0. The molecule has 1 fully saturated rings. The van der Waals surface area contributed by atoms with Crippen molar-refractivity contribution in [1.29, 1.82) is 0 Å². The number of rotatable bonds is 6. The summed E-state index contributed by atoms with van der Waals surface area (Å²) in [4.78, 5) is 12.1. The molecule has 0 radical (unpaired) electrons. The van der Waals surface area contributed by atoms with Crippen molar-refractivity contribution in [3.63, 3.8) is 0 Å². The average molecular weight is 429 g/mol. The summed E-state index contributed by atoms with van der Waals surface area (Å²) in [6.07, 6.45) is 3.49. The molecule has 4 rings (SSSR count). The molecular formula is C24H29FN2O4. The molecule has 1 saturated carbocycles. The molecule has 3 aromatic rings. The van der Waals surface area contributed by atoms with Crippen LogP contribution in [0, 0.1) is 5.82 Å². The summed E-state index contributed by atoms with van der Waals surface area (Å²) in [6.45, 7) is 0.271. The molecule has 166 valence electrons. The van der Waals surface area contributed by atoms with Crippen LogP contribution in [0.3, 0.4) is 0 Å². The van der Waals surface area contributed by atoms with Gasteiger partial charge in [-0.15, -0.1) is 0 Å². The van der Waals surface area contributed by atoms with Crippen LogP contribution in [0.5, 0.6) is 5.75 Å². The molecular weight excluding hydrogens is 399 g/mol. The Morgan fingerprint density at radius 3 is 2.42 bits per heavy atom. The number of methoxy groups -OCH3 is 2. The van der Waals surface area contributed by atoms with Gasteiger partial charge in [0.05, 0.1) is 22.7 Å². The van der Waals surface area contributed by atoms with Crippen molar-refractivity contribution in [3.8, 4) is 5.75 Å². The van der Waals surface area contributed by atoms with Gasteiger partial charge in [0.15, 0.2) is 0 Å². The van der Waals surface area contributed by atoms with Crippen LogP contribution in [0.1, 0.15) is 36.8 Å². The maximum absolute atomic E-state index is 14.5. The van der Waals surface area contributed by atoms with Crippen LogP contribution in [0.2, 0.25) is 0 Å². The van der Waals surface area contributed by atoms with Gasteiger partial charge in [0.25, 0.3) is 0 Å². The topological polar surface area (TPSA) is 54.6 Å². The Hall–Kier alpha value is -2.64. The maximum atomic E-state index is 14.5. The van der Waals surface area contributed by atoms with E-state index >= 15 is 0 Å². The van der Waals surface area contributed by atoms with Gasteiger partial charge in [0.2, 0.25) is 0 Å². The fourth-order valence-corrected chi connectivity index (χ4v) is 4.62. The number of imidazole rings is 1. The highest BCUT2D eigenvalue weighted by atomic mass is 19.1. The van der Waals surface area contributed by atoms with E-state index < -0.39 is 5.60 Å². The van der Waals surface area contributed by atoms with E-state index in [-0.39, 0.29) is 24.2 Å². The number of ether oxygens (including phenoxy) is 3. The van der Waals surface area contributed by atoms with E-state index in [0.29, 0.717) is 5.75 Å². The van der Waals surface area contributed by atoms with Crippen LogP contribution in [-0.2, 0) is 35.8 Å². The molecule has 0 N–H and O–H groups in total. The molecule has 31 heavy (non-hydrogen) atoms. The summed E-state index contributed by atoms with van der Waals surface area (Å²) >= 11 is 0. The predicted molar refractivity (Wildman–Crippen MR) is 117 cm³/mol. The van der Waals surface area contributed by atoms with E-state index in [4.69, 9.17) is 14.2 Å². The zero-order valence-corrected chi connectivity index (χ0v) is 18.5. The molecule has 0 atom stereocenters. The van der Waals surface area contributed by atoms with Gasteiger partial charge in [-0.25, -0.2) is 9.18 Å². The second kappa shape index (κ2) is 8.48. The highest BCUT2D eigenvalue weighted by molar-refractivity contribution is 5.76. The average Bonchev–Trinajstić information content (AvgIpc) is 3.01. The third-order valence-electron chi connectivity index (χ3n) is 6.60. The Bertz CT molecular complexity index is 1140. The van der Waals surface area contributed by atoms with Crippen molar-refractivity contribution < 1.29 is 18.6 Å². The summed E-state index contributed by atoms with van der Waals surface area (Å²) in [7, 11) is 6.90. The van der Waals surface area contributed by atoms with Crippen molar-refractivity contribution in [3.05, 3.63) is 63.8 Å². The van der Waals surface area contributed by atoms with Gasteiger partial charge in [-0.2, -0.15) is 0 Å². The number of benzene rings is 2. The SMILES string of the molecule is COC1CCC(OC)(c2cc(F)cc(OCc3ccc4c(c3)n(C)c(=O)n4C)c2)CC1. The fourth-order valence-electron chi connectivity index (χ4n) is 4.62. The molecule has 0 aliphatic heterocycles. The van der Waals surface area contributed by atoms with Crippen LogP contribution >= 0.6 is 0 Å². The van der Waals surface area contributed by atoms with Crippen LogP contribution in [0.15, 0.2) is 41.2 Å². The molecule has 1 heterocycles. The molecule has 0 saturated heterocycles. The Kier molecular flexibility index (Phi) is 5.90. The van der Waals surface area contributed by atoms with Gasteiger partial charge in [0.1, 0.15) is 18.2 Å². The first-order valence-electron chi connectivity index (χ1n) is 10.5. The third-order valence-corrected chi connectivity index (χ3v) is 6.60. The monoisotopic (exact) mass is 428 g/mol. The van der Waals surface area contributed by atoms with Gasteiger partial charge < -0.3 is 14.2 Å². The molecule has 0 spiro atoms. The number of halogens is 1. The fraction of sp³-hybridized carbons (Fsp3) is 0.458. The van der Waals surface area contributed by atoms with Crippen molar-refractivity contribution in [1.82, 2.24) is 9.13 Å². The van der Waals surface area contributed by atoms with E-state index in [1.807, 2.05) is 24.3 Å². The Morgan fingerprint density at radius 1 is 1.03 bits per heavy atom. The molecule has 2 aromatic carbocycles. The highest BCUT2D eigenvalue weighted by Crippen LogP contribution is 2.42. The summed E-state index contributed by atoms with van der Waals surface area (Å²) in [6, 6.07) is 10.6. The maximum Gasteiger partial charge on any atom is 0.328 e. The van der Waals surface area contributed by atoms with Gasteiger partial charge in [-0.05, 0) is 61.1 Å². The predicted octanol–water partition coefficient (Wildman–Crippen LogP) is 4.03. The Labute approximate surface area is 181 Å². The molecule has 7 heteroatoms. The molecule has 1 aromatic heterocycles. The minimum absolute atomic E-state index is 0.0732. The second-order valence-electron chi connectivity index (χ2n) is 8.32. The van der Waals surface area contributed by atoms with Crippen LogP contribution in [-0.4, -0.2) is 29.5 Å². The summed E-state index contributed by atoms with van der Waals surface area (Å²) < 4.78 is 35.0. The Morgan fingerprint density at radius 2 is 1.74 bits per heavy atom. The van der Waals surface area contributed by atoms with Crippen LogP contribution in [0.25, 0.3) is 11.0 Å². The first-order valence-corrected chi connectivity index (χ1v) is 10.5. The second-order valence-corrected chi connectivity index (χ2v) is 8.32. The number of fused-ring (bicyclic) bond motifs is 1. The summed E-state index contributed by atoms with van der Waals surface area (Å²) in [5.74, 6) is 0.112. The minimum atomic E-state index is -0.531. The standard InChI is InChI=1S/C24H29FN2O4/c1-26-21-6-5-16(11-22(21)27(2)23(26)28)15-31-20-13-17(12-18(25)14-20)24(30-4)9-7-19(29-3)8-10-24/h5-6,11-14,19H,7-10,15H2,1-4H3. The number of aromatic nitrogens is 2. The van der Waals surface area contributed by atoms with Crippen LogP contribution in [0.4, 0.5) is 4.39 Å². The van der Waals surface area contributed by atoms with E-state index in [9.17, 15) is 9.18 Å². The third kappa shape index (κ3) is 4.00. The minimum Gasteiger partial charge on any atom is -0.489 e. The van der Waals surface area contributed by atoms with E-state index in [2.05, 4.69) is 0 Å². The lowest BCUT2D eigenvalue weighted by atomic mass is 9.78. The lowest BCUT2D eigenvalue weighted by Gasteiger charge is -2.39. The molecule has 0 unspecified atom stereocenters. The lowest BCUT2D eigenvalue weighted by Crippen LogP contribution is -2.36. The highest BCUT2D eigenvalue weighted by Gasteiger charge is 2.37. The van der Waals surface area contributed by atoms with Crippen molar-refractivity contribution >= 4 is 11.0 Å². The molecule has 0 bridgehead atoms. The lowest BCUT2D eigenvalue weighted by molar-refractivity contribution is -0.0764. The molecule has 6 nitrogen and oxygen atoms in total. The quantitative estimate of drug-likeness (QED) is 0.595. The number of nitrogens with zero attached hydrogens (tertiary/aromatic N) is 2. The zero-order valence-electron chi connectivity index (χ0n) is 18.5. The molecule has 0 amide bonds. The number of hydrogen-bond acceptors (Lipinski definition) is 4. The smallest absolute Gasteiger partial charge is 0.328 e. The van der Waals surface area contributed by atoms with Gasteiger partial charge in [0, 0.05) is 34.4 Å².